The molecule has 1 aromatic heterocycles. The van der Waals surface area contributed by atoms with Gasteiger partial charge < -0.3 is 16.2 Å². The monoisotopic (exact) mass is 196 g/mol. The molecule has 1 heterocycles. The number of aromatic carboxylic acids is 1. The van der Waals surface area contributed by atoms with Crippen molar-refractivity contribution in [3.63, 3.8) is 0 Å². The first-order valence-electron chi connectivity index (χ1n) is 3.70. The molecule has 0 aliphatic heterocycles. The Morgan fingerprint density at radius 3 is 2.86 bits per heavy atom. The van der Waals surface area contributed by atoms with Gasteiger partial charge in [0.2, 0.25) is 5.91 Å². The fourth-order valence-electron chi connectivity index (χ4n) is 0.780. The van der Waals surface area contributed by atoms with Gasteiger partial charge in [-0.2, -0.15) is 5.10 Å². The van der Waals surface area contributed by atoms with Crippen LogP contribution in [-0.2, 0) is 4.79 Å². The van der Waals surface area contributed by atoms with E-state index in [1.54, 1.807) is 0 Å². The SMILES string of the molecule is NCC(=O)Nc1nnccc1C(=O)O. The molecule has 0 aliphatic carbocycles. The second-order valence-electron chi connectivity index (χ2n) is 2.35. The van der Waals surface area contributed by atoms with E-state index in [4.69, 9.17) is 10.8 Å². The maximum Gasteiger partial charge on any atom is 0.339 e. The first-order chi connectivity index (χ1) is 6.65. The minimum Gasteiger partial charge on any atom is -0.478 e. The Kier molecular flexibility index (Phi) is 3.08. The van der Waals surface area contributed by atoms with Crippen molar-refractivity contribution in [2.45, 2.75) is 0 Å². The molecule has 1 aromatic rings. The summed E-state index contributed by atoms with van der Waals surface area (Å²) in [7, 11) is 0. The summed E-state index contributed by atoms with van der Waals surface area (Å²) in [6.07, 6.45) is 1.22. The molecule has 0 spiro atoms. The molecule has 0 radical (unpaired) electrons. The van der Waals surface area contributed by atoms with E-state index in [0.717, 1.165) is 0 Å². The van der Waals surface area contributed by atoms with Crippen LogP contribution < -0.4 is 11.1 Å². The van der Waals surface area contributed by atoms with Crippen LogP contribution in [-0.4, -0.2) is 33.7 Å². The van der Waals surface area contributed by atoms with Crippen molar-refractivity contribution in [2.75, 3.05) is 11.9 Å². The number of nitrogens with one attached hydrogen (secondary N) is 1. The van der Waals surface area contributed by atoms with Crippen LogP contribution in [0.25, 0.3) is 0 Å². The van der Waals surface area contributed by atoms with Crippen molar-refractivity contribution in [1.82, 2.24) is 10.2 Å². The number of carbonyl (C=O) groups excluding carboxylic acids is 1. The highest BCUT2D eigenvalue weighted by atomic mass is 16.4. The van der Waals surface area contributed by atoms with Crippen LogP contribution >= 0.6 is 0 Å². The number of hydrogen-bond donors (Lipinski definition) is 3. The van der Waals surface area contributed by atoms with Gasteiger partial charge in [0.05, 0.1) is 12.7 Å². The number of carboxylic acid groups (broad SMARTS) is 1. The van der Waals surface area contributed by atoms with E-state index < -0.39 is 11.9 Å². The normalized spacial score (nSPS) is 9.50. The average molecular weight is 196 g/mol. The van der Waals surface area contributed by atoms with Gasteiger partial charge in [-0.25, -0.2) is 4.79 Å². The fourth-order valence-corrected chi connectivity index (χ4v) is 0.780. The highest BCUT2D eigenvalue weighted by Gasteiger charge is 2.12. The number of rotatable bonds is 3. The Hall–Kier alpha value is -2.02. The van der Waals surface area contributed by atoms with E-state index >= 15 is 0 Å². The largest absolute Gasteiger partial charge is 0.478 e. The van der Waals surface area contributed by atoms with Crippen molar-refractivity contribution in [3.8, 4) is 0 Å². The quantitative estimate of drug-likeness (QED) is 0.574. The zero-order valence-electron chi connectivity index (χ0n) is 7.10. The minimum atomic E-state index is -1.19. The Morgan fingerprint density at radius 1 is 1.57 bits per heavy atom. The molecule has 4 N–H and O–H groups in total. The first-order valence-corrected chi connectivity index (χ1v) is 3.70. The molecule has 74 valence electrons. The predicted molar refractivity (Wildman–Crippen MR) is 46.7 cm³/mol. The second-order valence-corrected chi connectivity index (χ2v) is 2.35. The molecule has 0 aliphatic rings. The van der Waals surface area contributed by atoms with E-state index in [1.165, 1.54) is 12.3 Å². The van der Waals surface area contributed by atoms with Gasteiger partial charge >= 0.3 is 5.97 Å². The van der Waals surface area contributed by atoms with Crippen molar-refractivity contribution >= 4 is 17.7 Å². The molecular formula is C7H8N4O3. The van der Waals surface area contributed by atoms with Gasteiger partial charge in [-0.05, 0) is 6.07 Å². The average Bonchev–Trinajstić information content (AvgIpc) is 2.18. The molecule has 7 nitrogen and oxygen atoms in total. The summed E-state index contributed by atoms with van der Waals surface area (Å²) in [5, 5.41) is 17.8. The molecule has 0 aromatic carbocycles. The molecule has 0 atom stereocenters. The van der Waals surface area contributed by atoms with E-state index in [0.29, 0.717) is 0 Å². The Labute approximate surface area is 78.9 Å². The number of nitrogens with two attached hydrogens (primary N) is 1. The van der Waals surface area contributed by atoms with Crippen molar-refractivity contribution in [1.29, 1.82) is 0 Å². The molecular weight excluding hydrogens is 188 g/mol. The topological polar surface area (TPSA) is 118 Å². The van der Waals surface area contributed by atoms with Crippen LogP contribution in [0.3, 0.4) is 0 Å². The summed E-state index contributed by atoms with van der Waals surface area (Å²) >= 11 is 0. The lowest BCUT2D eigenvalue weighted by Gasteiger charge is -2.03. The molecule has 1 amide bonds. The molecule has 14 heavy (non-hydrogen) atoms. The smallest absolute Gasteiger partial charge is 0.339 e. The zero-order valence-corrected chi connectivity index (χ0v) is 7.10. The maximum absolute atomic E-state index is 10.9. The van der Waals surface area contributed by atoms with E-state index in [-0.39, 0.29) is 17.9 Å². The first kappa shape index (κ1) is 10.1. The molecule has 0 saturated carbocycles. The van der Waals surface area contributed by atoms with Crippen LogP contribution in [0.5, 0.6) is 0 Å². The molecule has 7 heteroatoms. The van der Waals surface area contributed by atoms with Gasteiger partial charge in [0, 0.05) is 0 Å². The van der Waals surface area contributed by atoms with E-state index in [9.17, 15) is 9.59 Å². The summed E-state index contributed by atoms with van der Waals surface area (Å²) in [5.74, 6) is -1.81. The number of hydrogen-bond acceptors (Lipinski definition) is 5. The van der Waals surface area contributed by atoms with Crippen molar-refractivity contribution < 1.29 is 14.7 Å². The molecule has 0 fully saturated rings. The van der Waals surface area contributed by atoms with Gasteiger partial charge in [0.15, 0.2) is 5.82 Å². The van der Waals surface area contributed by atoms with Crippen LogP contribution in [0.2, 0.25) is 0 Å². The highest BCUT2D eigenvalue weighted by molar-refractivity contribution is 5.99. The van der Waals surface area contributed by atoms with Crippen LogP contribution in [0.4, 0.5) is 5.82 Å². The number of nitrogens with zero attached hydrogens (tertiary/aromatic N) is 2. The van der Waals surface area contributed by atoms with Crippen LogP contribution in [0.15, 0.2) is 12.3 Å². The maximum atomic E-state index is 10.9. The summed E-state index contributed by atoms with van der Waals surface area (Å²) < 4.78 is 0. The Morgan fingerprint density at radius 2 is 2.29 bits per heavy atom. The van der Waals surface area contributed by atoms with Crippen LogP contribution in [0.1, 0.15) is 10.4 Å². The van der Waals surface area contributed by atoms with Crippen LogP contribution in [0, 0.1) is 0 Å². The number of carbonyl (C=O) groups is 2. The zero-order chi connectivity index (χ0) is 10.6. The van der Waals surface area contributed by atoms with Gasteiger partial charge in [-0.3, -0.25) is 4.79 Å². The number of amides is 1. The summed E-state index contributed by atoms with van der Waals surface area (Å²) in [5.41, 5.74) is 4.92. The van der Waals surface area contributed by atoms with Crippen molar-refractivity contribution in [3.05, 3.63) is 17.8 Å². The van der Waals surface area contributed by atoms with Crippen molar-refractivity contribution in [2.24, 2.45) is 5.73 Å². The lowest BCUT2D eigenvalue weighted by atomic mass is 10.3. The standard InChI is InChI=1S/C7H8N4O3/c8-3-5(12)10-6-4(7(13)14)1-2-9-11-6/h1-2H,3,8H2,(H,13,14)(H,10,11,12). The Bertz CT molecular complexity index is 366. The second kappa shape index (κ2) is 4.28. The Balaban J connectivity index is 2.95. The third-order valence-corrected chi connectivity index (χ3v) is 1.39. The minimum absolute atomic E-state index is 0.101. The summed E-state index contributed by atoms with van der Waals surface area (Å²) in [6.45, 7) is -0.240. The summed E-state index contributed by atoms with van der Waals surface area (Å²) in [4.78, 5) is 21.5. The lowest BCUT2D eigenvalue weighted by Crippen LogP contribution is -2.24. The van der Waals surface area contributed by atoms with Gasteiger partial charge in [-0.1, -0.05) is 0 Å². The number of aromatic nitrogens is 2. The molecule has 0 bridgehead atoms. The lowest BCUT2D eigenvalue weighted by molar-refractivity contribution is -0.114. The third-order valence-electron chi connectivity index (χ3n) is 1.39. The molecule has 1 rings (SSSR count). The number of carboxylic acids is 1. The molecule has 0 saturated heterocycles. The highest BCUT2D eigenvalue weighted by Crippen LogP contribution is 2.09. The van der Waals surface area contributed by atoms with Gasteiger partial charge in [-0.15, -0.1) is 5.10 Å². The predicted octanol–water partition coefficient (Wildman–Crippen LogP) is -0.928. The van der Waals surface area contributed by atoms with Gasteiger partial charge in [0.25, 0.3) is 0 Å². The van der Waals surface area contributed by atoms with E-state index in [2.05, 4.69) is 15.5 Å². The fraction of sp³-hybridized carbons (Fsp3) is 0.143. The summed E-state index contributed by atoms with van der Waals surface area (Å²) in [6, 6.07) is 1.24. The van der Waals surface area contributed by atoms with Gasteiger partial charge in [0.1, 0.15) is 5.56 Å². The molecule has 0 unspecified atom stereocenters. The van der Waals surface area contributed by atoms with E-state index in [1.807, 2.05) is 0 Å². The number of anilines is 1. The third kappa shape index (κ3) is 2.23.